The molecule has 1 aliphatic heterocycles. The number of nitrogens with zero attached hydrogens (tertiary/aromatic N) is 1. The Morgan fingerprint density at radius 2 is 1.84 bits per heavy atom. The van der Waals surface area contributed by atoms with Gasteiger partial charge in [0.2, 0.25) is 0 Å². The fraction of sp³-hybridized carbons (Fsp3) is 0.521. The van der Waals surface area contributed by atoms with Crippen molar-refractivity contribution in [1.82, 2.24) is 10.3 Å². The molecule has 3 aromatic rings. The summed E-state index contributed by atoms with van der Waals surface area (Å²) in [7, 11) is 1.49. The molecule has 0 spiro atoms. The molecule has 10 heteroatoms. The van der Waals surface area contributed by atoms with Crippen LogP contribution in [0.3, 0.4) is 0 Å². The van der Waals surface area contributed by atoms with Crippen LogP contribution in [0.4, 0.5) is 5.82 Å². The van der Waals surface area contributed by atoms with Gasteiger partial charge in [-0.3, -0.25) is 9.59 Å². The van der Waals surface area contributed by atoms with Crippen LogP contribution in [0.25, 0.3) is 6.08 Å². The standard InChI is InChI=1S/C48H61N3O7/c1-58-47-26-36-15-19-45(56)41(44(55)9-5-8-32(21-23-52)38-24-37-13-17-40(54)28-43(37)51-30-38)18-14-33(42(36)29-46(47)57)12-16-39(53)25-34(35-20-22-50-48(49)27-35)11-10-31-6-3-2-4-7-31/h2-4,6-7,10-11,20,22,26-27,29,32-34,37-39,41,43-44,51-53,55,57H,5,8-9,12-13,15-17,19,21,23-25,28,30H2,1H3,(H2,49,50)/b11-10+/t32-,33-,34+,37-,38+,39+,41-,43-,44-/m1/s1. The number of pyridine rings is 1. The van der Waals surface area contributed by atoms with E-state index < -0.39 is 24.0 Å². The number of aromatic hydroxyl groups is 1. The lowest BCUT2D eigenvalue weighted by molar-refractivity contribution is -0.124. The summed E-state index contributed by atoms with van der Waals surface area (Å²) in [6, 6.07) is 17.4. The lowest BCUT2D eigenvalue weighted by Crippen LogP contribution is -2.50. The molecule has 2 heterocycles. The molecular weight excluding hydrogens is 731 g/mol. The highest BCUT2D eigenvalue weighted by Gasteiger charge is 2.37. The second kappa shape index (κ2) is 20.9. The van der Waals surface area contributed by atoms with Gasteiger partial charge in [0.15, 0.2) is 17.3 Å². The Labute approximate surface area is 343 Å². The number of benzene rings is 2. The van der Waals surface area contributed by atoms with Gasteiger partial charge in [-0.15, -0.1) is 0 Å². The number of anilines is 1. The normalized spacial score (nSPS) is 24.2. The van der Waals surface area contributed by atoms with E-state index in [0.29, 0.717) is 87.0 Å². The number of nitrogens with two attached hydrogens (primary N) is 1. The molecule has 1 aromatic heterocycles. The number of aliphatic hydroxyl groups excluding tert-OH is 3. The topological polar surface area (TPSA) is 175 Å². The Hall–Kier alpha value is -4.53. The van der Waals surface area contributed by atoms with Gasteiger partial charge >= 0.3 is 0 Å². The summed E-state index contributed by atoms with van der Waals surface area (Å²) in [5.41, 5.74) is 9.69. The van der Waals surface area contributed by atoms with Crippen molar-refractivity contribution in [2.75, 3.05) is 26.0 Å². The molecular formula is C48H61N3O7. The van der Waals surface area contributed by atoms with Gasteiger partial charge in [-0.2, -0.15) is 0 Å². The Balaban J connectivity index is 1.15. The van der Waals surface area contributed by atoms with Crippen molar-refractivity contribution in [3.8, 4) is 23.3 Å². The number of carbonyl (C=O) groups excluding carboxylic acids is 2. The molecule has 0 unspecified atom stereocenters. The quantitative estimate of drug-likeness (QED) is 0.0829. The molecule has 10 nitrogen and oxygen atoms in total. The summed E-state index contributed by atoms with van der Waals surface area (Å²) in [6.45, 7) is 0.929. The third-order valence-corrected chi connectivity index (χ3v) is 12.8. The van der Waals surface area contributed by atoms with Gasteiger partial charge in [0.1, 0.15) is 17.5 Å². The second-order valence-electron chi connectivity index (χ2n) is 16.7. The Morgan fingerprint density at radius 3 is 2.62 bits per heavy atom. The molecule has 7 N–H and O–H groups in total. The highest BCUT2D eigenvalue weighted by molar-refractivity contribution is 5.85. The number of piperidine rings is 1. The van der Waals surface area contributed by atoms with Crippen molar-refractivity contribution in [2.45, 2.75) is 114 Å². The molecule has 6 rings (SSSR count). The first-order valence-electron chi connectivity index (χ1n) is 21.2. The minimum absolute atomic E-state index is 0.0183. The number of carbonyl (C=O) groups is 2. The maximum Gasteiger partial charge on any atom is 0.160 e. The van der Waals surface area contributed by atoms with Crippen LogP contribution in [-0.2, 0) is 16.0 Å². The summed E-state index contributed by atoms with van der Waals surface area (Å²) in [6.07, 6.45) is 11.9. The maximum atomic E-state index is 13.7. The zero-order valence-electron chi connectivity index (χ0n) is 33.8. The minimum Gasteiger partial charge on any atom is -0.504 e. The molecule has 0 amide bonds. The van der Waals surface area contributed by atoms with E-state index in [9.17, 15) is 30.0 Å². The molecule has 58 heavy (non-hydrogen) atoms. The maximum absolute atomic E-state index is 13.7. The minimum atomic E-state index is -0.951. The summed E-state index contributed by atoms with van der Waals surface area (Å²) >= 11 is 0. The first-order chi connectivity index (χ1) is 28.1. The average molecular weight is 792 g/mol. The van der Waals surface area contributed by atoms with Crippen LogP contribution < -0.4 is 15.8 Å². The molecule has 1 saturated carbocycles. The van der Waals surface area contributed by atoms with Gasteiger partial charge in [-0.25, -0.2) is 4.98 Å². The number of allylic oxidation sites excluding steroid dienone is 1. The molecule has 0 bridgehead atoms. The van der Waals surface area contributed by atoms with Gasteiger partial charge in [0, 0.05) is 49.9 Å². The number of Topliss-reactive ketones (excluding diaryl/α,β-unsaturated/α-hetero) is 2. The lowest BCUT2D eigenvalue weighted by atomic mass is 9.71. The number of ketones is 2. The Bertz CT molecular complexity index is 1920. The van der Waals surface area contributed by atoms with E-state index in [4.69, 9.17) is 10.5 Å². The zero-order chi connectivity index (χ0) is 41.0. The van der Waals surface area contributed by atoms with Crippen molar-refractivity contribution in [1.29, 1.82) is 0 Å². The highest BCUT2D eigenvalue weighted by Crippen LogP contribution is 2.39. The number of aryl methyl sites for hydroxylation is 1. The van der Waals surface area contributed by atoms with E-state index in [-0.39, 0.29) is 42.4 Å². The third-order valence-electron chi connectivity index (χ3n) is 12.8. The van der Waals surface area contributed by atoms with Crippen LogP contribution in [0.15, 0.2) is 66.9 Å². The van der Waals surface area contributed by atoms with Crippen LogP contribution in [0.5, 0.6) is 11.5 Å². The largest absolute Gasteiger partial charge is 0.504 e. The first kappa shape index (κ1) is 43.1. The summed E-state index contributed by atoms with van der Waals surface area (Å²) in [5.74, 6) is 7.20. The fourth-order valence-corrected chi connectivity index (χ4v) is 9.47. The summed E-state index contributed by atoms with van der Waals surface area (Å²) in [4.78, 5) is 29.9. The van der Waals surface area contributed by atoms with Crippen LogP contribution in [0.1, 0.15) is 111 Å². The predicted molar refractivity (Wildman–Crippen MR) is 226 cm³/mol. The van der Waals surface area contributed by atoms with Crippen molar-refractivity contribution < 1.29 is 34.8 Å². The number of nitrogen functional groups attached to an aromatic ring is 1. The van der Waals surface area contributed by atoms with E-state index in [1.165, 1.54) is 7.11 Å². The number of methoxy groups -OCH3 is 1. The molecule has 2 aromatic carbocycles. The number of hydrogen-bond donors (Lipinski definition) is 6. The highest BCUT2D eigenvalue weighted by atomic mass is 16.5. The average Bonchev–Trinajstić information content (AvgIpc) is 3.28. The van der Waals surface area contributed by atoms with E-state index in [1.54, 1.807) is 18.3 Å². The number of rotatable bonds is 17. The summed E-state index contributed by atoms with van der Waals surface area (Å²) < 4.78 is 5.43. The van der Waals surface area contributed by atoms with E-state index in [0.717, 1.165) is 48.1 Å². The van der Waals surface area contributed by atoms with E-state index >= 15 is 0 Å². The Kier molecular flexibility index (Phi) is 15.5. The number of hydrogen-bond acceptors (Lipinski definition) is 10. The number of aliphatic hydroxyl groups is 3. The first-order valence-corrected chi connectivity index (χ1v) is 21.2. The molecule has 2 aliphatic carbocycles. The molecule has 2 fully saturated rings. The van der Waals surface area contributed by atoms with Gasteiger partial charge < -0.3 is 36.2 Å². The number of phenolic OH excluding ortho intramolecular Hbond substituents is 1. The molecule has 3 aliphatic rings. The van der Waals surface area contributed by atoms with Gasteiger partial charge in [-0.1, -0.05) is 60.7 Å². The van der Waals surface area contributed by atoms with E-state index in [1.807, 2.05) is 48.5 Å². The fourth-order valence-electron chi connectivity index (χ4n) is 9.47. The van der Waals surface area contributed by atoms with Crippen molar-refractivity contribution >= 4 is 23.5 Å². The van der Waals surface area contributed by atoms with Crippen LogP contribution >= 0.6 is 0 Å². The van der Waals surface area contributed by atoms with E-state index in [2.05, 4.69) is 28.2 Å². The number of fused-ring (bicyclic) bond motifs is 2. The van der Waals surface area contributed by atoms with Crippen molar-refractivity contribution in [3.63, 3.8) is 0 Å². The third kappa shape index (κ3) is 11.6. The van der Waals surface area contributed by atoms with Crippen molar-refractivity contribution in [2.24, 2.45) is 23.7 Å². The number of aromatic nitrogens is 1. The number of phenols is 1. The smallest absolute Gasteiger partial charge is 0.160 e. The lowest BCUT2D eigenvalue weighted by Gasteiger charge is -2.42. The van der Waals surface area contributed by atoms with Crippen LogP contribution in [-0.4, -0.2) is 75.5 Å². The zero-order valence-corrected chi connectivity index (χ0v) is 33.8. The summed E-state index contributed by atoms with van der Waals surface area (Å²) in [5, 5.41) is 47.5. The van der Waals surface area contributed by atoms with Gasteiger partial charge in [0.05, 0.1) is 19.3 Å². The van der Waals surface area contributed by atoms with Crippen molar-refractivity contribution in [3.05, 3.63) is 89.1 Å². The molecule has 310 valence electrons. The predicted octanol–water partition coefficient (Wildman–Crippen LogP) is 6.50. The number of ether oxygens (including phenoxy) is 1. The molecule has 9 atom stereocenters. The SMILES string of the molecule is COc1cc2c(cc1O)[C@H](CC[C@H](O)C[C@H](/C=C/c1ccccc1)c1ccnc(N)c1)C#C[C@H]([C@H](O)CCC[C@H](CCO)[C@@H]1CN[C@@H]3CC(=O)CC[C@@H]3C1)C(=O)CC2. The van der Waals surface area contributed by atoms with Gasteiger partial charge in [0.25, 0.3) is 0 Å². The number of nitrogens with one attached hydrogen (secondary N) is 1. The second-order valence-corrected chi connectivity index (χ2v) is 16.7. The molecule has 0 radical (unpaired) electrons. The molecule has 1 saturated heterocycles. The Morgan fingerprint density at radius 1 is 1.02 bits per heavy atom. The van der Waals surface area contributed by atoms with Crippen LogP contribution in [0.2, 0.25) is 0 Å². The monoisotopic (exact) mass is 791 g/mol. The van der Waals surface area contributed by atoms with Gasteiger partial charge in [-0.05, 0) is 129 Å². The van der Waals surface area contributed by atoms with Crippen LogP contribution in [0, 0.1) is 35.5 Å².